The van der Waals surface area contributed by atoms with Crippen LogP contribution in [0.25, 0.3) is 11.3 Å². The molecule has 0 radical (unpaired) electrons. The van der Waals surface area contributed by atoms with Gasteiger partial charge in [0.25, 0.3) is 10.0 Å². The van der Waals surface area contributed by atoms with Gasteiger partial charge in [0, 0.05) is 22.5 Å². The third-order valence-corrected chi connectivity index (χ3v) is 6.10. The number of hydrogen-bond acceptors (Lipinski definition) is 6. The Morgan fingerprint density at radius 3 is 2.71 bits per heavy atom. The van der Waals surface area contributed by atoms with Gasteiger partial charge in [-0.15, -0.1) is 0 Å². The van der Waals surface area contributed by atoms with Crippen molar-refractivity contribution >= 4 is 27.6 Å². The van der Waals surface area contributed by atoms with E-state index in [4.69, 9.17) is 17.3 Å². The van der Waals surface area contributed by atoms with Crippen LogP contribution in [0.3, 0.4) is 0 Å². The lowest BCUT2D eigenvalue weighted by atomic mass is 10.1. The summed E-state index contributed by atoms with van der Waals surface area (Å²) in [6, 6.07) is 7.48. The smallest absolute Gasteiger partial charge is 0.256 e. The number of rotatable bonds is 6. The van der Waals surface area contributed by atoms with Crippen molar-refractivity contribution in [2.75, 3.05) is 12.3 Å². The average molecular weight is 422 g/mol. The number of aromatic amines is 1. The Bertz CT molecular complexity index is 1110. The molecule has 3 rings (SSSR count). The summed E-state index contributed by atoms with van der Waals surface area (Å²) in [6.07, 6.45) is 1.51. The van der Waals surface area contributed by atoms with E-state index in [-0.39, 0.29) is 11.0 Å². The van der Waals surface area contributed by atoms with Crippen molar-refractivity contribution in [3.05, 3.63) is 58.4 Å². The fraction of sp³-hybridized carbons (Fsp3) is 0.222. The van der Waals surface area contributed by atoms with Crippen LogP contribution >= 0.6 is 11.6 Å². The molecule has 0 saturated heterocycles. The Balaban J connectivity index is 1.99. The summed E-state index contributed by atoms with van der Waals surface area (Å²) in [7, 11) is -3.97. The van der Waals surface area contributed by atoms with Crippen molar-refractivity contribution in [1.82, 2.24) is 19.7 Å². The zero-order valence-corrected chi connectivity index (χ0v) is 16.8. The largest absolute Gasteiger partial charge is 0.394 e. The molecule has 0 aliphatic carbocycles. The third kappa shape index (κ3) is 4.02. The summed E-state index contributed by atoms with van der Waals surface area (Å²) in [6.45, 7) is 3.01. The minimum absolute atomic E-state index is 0.00217. The highest BCUT2D eigenvalue weighted by Gasteiger charge is 2.27. The molecule has 28 heavy (non-hydrogen) atoms. The summed E-state index contributed by atoms with van der Waals surface area (Å²) in [5.74, 6) is 0.0985. The maximum Gasteiger partial charge on any atom is 0.256 e. The standard InChI is InChI=1S/C18H20ClN5O3S/c1-10-16(14-6-7-21-18(20)23-14)11(2)22-17(10)28(26,27)24-15(9-25)12-4-3-5-13(19)8-12/h3-8,15,22,24-25H,9H2,1-2H3,(H2,20,21,23)/t15-/m1/s1. The molecular weight excluding hydrogens is 402 g/mol. The van der Waals surface area contributed by atoms with Gasteiger partial charge in [-0.3, -0.25) is 0 Å². The van der Waals surface area contributed by atoms with Gasteiger partial charge in [0.15, 0.2) is 5.03 Å². The topological polar surface area (TPSA) is 134 Å². The number of anilines is 1. The molecule has 5 N–H and O–H groups in total. The molecule has 2 aromatic heterocycles. The quantitative estimate of drug-likeness (QED) is 0.482. The van der Waals surface area contributed by atoms with Crippen molar-refractivity contribution in [3.63, 3.8) is 0 Å². The van der Waals surface area contributed by atoms with Crippen molar-refractivity contribution in [2.24, 2.45) is 0 Å². The lowest BCUT2D eigenvalue weighted by Gasteiger charge is -2.17. The minimum Gasteiger partial charge on any atom is -0.394 e. The highest BCUT2D eigenvalue weighted by Crippen LogP contribution is 2.31. The van der Waals surface area contributed by atoms with E-state index in [1.807, 2.05) is 0 Å². The van der Waals surface area contributed by atoms with Crippen LogP contribution in [0.15, 0.2) is 41.6 Å². The van der Waals surface area contributed by atoms with E-state index in [9.17, 15) is 13.5 Å². The number of hydrogen-bond donors (Lipinski definition) is 4. The van der Waals surface area contributed by atoms with E-state index >= 15 is 0 Å². The number of nitrogens with zero attached hydrogens (tertiary/aromatic N) is 2. The van der Waals surface area contributed by atoms with Gasteiger partial charge in [0.2, 0.25) is 5.95 Å². The van der Waals surface area contributed by atoms with Gasteiger partial charge in [-0.2, -0.15) is 0 Å². The molecule has 0 bridgehead atoms. The van der Waals surface area contributed by atoms with Gasteiger partial charge < -0.3 is 15.8 Å². The van der Waals surface area contributed by atoms with Gasteiger partial charge >= 0.3 is 0 Å². The zero-order chi connectivity index (χ0) is 20.5. The van der Waals surface area contributed by atoms with Gasteiger partial charge in [0.05, 0.1) is 18.3 Å². The molecule has 10 heteroatoms. The number of sulfonamides is 1. The molecule has 0 spiro atoms. The summed E-state index contributed by atoms with van der Waals surface area (Å²) in [4.78, 5) is 10.9. The molecule has 1 aromatic carbocycles. The third-order valence-electron chi connectivity index (χ3n) is 4.32. The van der Waals surface area contributed by atoms with Crippen LogP contribution in [0.4, 0.5) is 5.95 Å². The van der Waals surface area contributed by atoms with E-state index in [2.05, 4.69) is 19.7 Å². The van der Waals surface area contributed by atoms with Crippen LogP contribution in [-0.4, -0.2) is 35.1 Å². The van der Waals surface area contributed by atoms with Crippen LogP contribution < -0.4 is 10.5 Å². The first kappa shape index (κ1) is 20.3. The number of aryl methyl sites for hydroxylation is 1. The number of nitrogens with one attached hydrogen (secondary N) is 2. The molecule has 2 heterocycles. The van der Waals surface area contributed by atoms with E-state index < -0.39 is 22.7 Å². The predicted molar refractivity (Wildman–Crippen MR) is 107 cm³/mol. The fourth-order valence-electron chi connectivity index (χ4n) is 3.07. The Labute approximate surface area is 167 Å². The number of aliphatic hydroxyl groups excluding tert-OH is 1. The number of aromatic nitrogens is 3. The summed E-state index contributed by atoms with van der Waals surface area (Å²) >= 11 is 5.98. The molecule has 0 saturated carbocycles. The first-order chi connectivity index (χ1) is 13.2. The predicted octanol–water partition coefficient (Wildman–Crippen LogP) is 2.34. The average Bonchev–Trinajstić information content (AvgIpc) is 2.95. The summed E-state index contributed by atoms with van der Waals surface area (Å²) in [5.41, 5.74) is 8.48. The van der Waals surface area contributed by atoms with Crippen molar-refractivity contribution in [2.45, 2.75) is 24.9 Å². The lowest BCUT2D eigenvalue weighted by molar-refractivity contribution is 0.259. The van der Waals surface area contributed by atoms with Gasteiger partial charge in [-0.05, 0) is 43.2 Å². The van der Waals surface area contributed by atoms with E-state index in [1.165, 1.54) is 6.20 Å². The maximum atomic E-state index is 13.0. The van der Waals surface area contributed by atoms with Gasteiger partial charge in [-0.1, -0.05) is 23.7 Å². The molecule has 0 aliphatic heterocycles. The molecule has 8 nitrogen and oxygen atoms in total. The van der Waals surface area contributed by atoms with Crippen molar-refractivity contribution in [1.29, 1.82) is 0 Å². The number of nitrogens with two attached hydrogens (primary N) is 1. The Morgan fingerprint density at radius 2 is 2.07 bits per heavy atom. The number of benzene rings is 1. The number of nitrogen functional groups attached to an aromatic ring is 1. The van der Waals surface area contributed by atoms with Crippen LogP contribution in [0.1, 0.15) is 22.9 Å². The number of aliphatic hydroxyl groups is 1. The molecular formula is C18H20ClN5O3S. The van der Waals surface area contributed by atoms with Crippen LogP contribution in [0.5, 0.6) is 0 Å². The van der Waals surface area contributed by atoms with E-state index in [0.29, 0.717) is 33.1 Å². The fourth-order valence-corrected chi connectivity index (χ4v) is 4.76. The monoisotopic (exact) mass is 421 g/mol. The zero-order valence-electron chi connectivity index (χ0n) is 15.3. The normalized spacial score (nSPS) is 12.9. The maximum absolute atomic E-state index is 13.0. The molecule has 0 unspecified atom stereocenters. The summed E-state index contributed by atoms with van der Waals surface area (Å²) in [5, 5.41) is 10.2. The Morgan fingerprint density at radius 1 is 1.32 bits per heavy atom. The molecule has 0 aliphatic rings. The van der Waals surface area contributed by atoms with Crippen LogP contribution in [0.2, 0.25) is 5.02 Å². The molecule has 0 fully saturated rings. The molecule has 1 atom stereocenters. The van der Waals surface area contributed by atoms with Crippen LogP contribution in [-0.2, 0) is 10.0 Å². The highest BCUT2D eigenvalue weighted by atomic mass is 35.5. The first-order valence-electron chi connectivity index (χ1n) is 8.39. The molecule has 3 aromatic rings. The molecule has 0 amide bonds. The van der Waals surface area contributed by atoms with Crippen LogP contribution in [0, 0.1) is 13.8 Å². The lowest BCUT2D eigenvalue weighted by Crippen LogP contribution is -2.31. The highest BCUT2D eigenvalue weighted by molar-refractivity contribution is 7.89. The van der Waals surface area contributed by atoms with Crippen molar-refractivity contribution < 1.29 is 13.5 Å². The van der Waals surface area contributed by atoms with Gasteiger partial charge in [0.1, 0.15) is 0 Å². The Kier molecular flexibility index (Phi) is 5.71. The minimum atomic E-state index is -3.97. The Hall–Kier alpha value is -2.46. The summed E-state index contributed by atoms with van der Waals surface area (Å²) < 4.78 is 28.5. The number of H-pyrrole nitrogens is 1. The second kappa shape index (κ2) is 7.88. The second-order valence-electron chi connectivity index (χ2n) is 6.29. The molecule has 148 valence electrons. The second-order valence-corrected chi connectivity index (χ2v) is 8.38. The number of halogens is 1. The van der Waals surface area contributed by atoms with Crippen molar-refractivity contribution in [3.8, 4) is 11.3 Å². The van der Waals surface area contributed by atoms with E-state index in [0.717, 1.165) is 0 Å². The SMILES string of the molecule is Cc1[nH]c(S(=O)(=O)N[C@H](CO)c2cccc(Cl)c2)c(C)c1-c1ccnc(N)n1. The van der Waals surface area contributed by atoms with Gasteiger partial charge in [-0.25, -0.2) is 23.1 Å². The first-order valence-corrected chi connectivity index (χ1v) is 10.3. The van der Waals surface area contributed by atoms with E-state index in [1.54, 1.807) is 44.2 Å².